The Bertz CT molecular complexity index is 531. The summed E-state index contributed by atoms with van der Waals surface area (Å²) in [7, 11) is 1.58. The molecule has 17 heavy (non-hydrogen) atoms. The number of halogens is 1. The van der Waals surface area contributed by atoms with Gasteiger partial charge in [-0.2, -0.15) is 0 Å². The minimum atomic E-state index is -0.139. The number of hydrogen-bond acceptors (Lipinski definition) is 3. The van der Waals surface area contributed by atoms with Crippen molar-refractivity contribution in [1.29, 1.82) is 0 Å². The molecule has 0 N–H and O–H groups in total. The molecule has 0 aliphatic rings. The summed E-state index contributed by atoms with van der Waals surface area (Å²) < 4.78 is 11.1. The van der Waals surface area contributed by atoms with Gasteiger partial charge in [-0.15, -0.1) is 0 Å². The normalized spacial score (nSPS) is 10.5. The third-order valence-corrected chi connectivity index (χ3v) is 2.98. The van der Waals surface area contributed by atoms with Crippen molar-refractivity contribution in [1.82, 2.24) is 0 Å². The van der Waals surface area contributed by atoms with Gasteiger partial charge in [0.1, 0.15) is 12.4 Å². The van der Waals surface area contributed by atoms with Gasteiger partial charge < -0.3 is 9.15 Å². The lowest BCUT2D eigenvalue weighted by Gasteiger charge is -2.00. The van der Waals surface area contributed by atoms with E-state index in [9.17, 15) is 4.79 Å². The number of hydrogen-bond donors (Lipinski definition) is 0. The van der Waals surface area contributed by atoms with Crippen LogP contribution in [0.15, 0.2) is 45.3 Å². The summed E-state index contributed by atoms with van der Waals surface area (Å²) in [6.07, 6.45) is 0. The van der Waals surface area contributed by atoms with Crippen LogP contribution < -0.4 is 0 Å². The fraction of sp³-hybridized carbons (Fsp3) is 0.154. The molecule has 2 aromatic rings. The Hall–Kier alpha value is -1.39. The van der Waals surface area contributed by atoms with Crippen LogP contribution in [0.1, 0.15) is 21.9 Å². The quantitative estimate of drug-likeness (QED) is 0.811. The van der Waals surface area contributed by atoms with Crippen LogP contribution in [0.5, 0.6) is 0 Å². The van der Waals surface area contributed by atoms with Crippen LogP contribution in [0.3, 0.4) is 0 Å². The number of furan rings is 1. The van der Waals surface area contributed by atoms with Gasteiger partial charge in [0, 0.05) is 17.1 Å². The van der Waals surface area contributed by atoms with Gasteiger partial charge in [0.2, 0.25) is 5.78 Å². The number of carbonyl (C=O) groups excluding carboxylic acids is 1. The average molecular weight is 295 g/mol. The Balaban J connectivity index is 2.28. The summed E-state index contributed by atoms with van der Waals surface area (Å²) in [5.74, 6) is 0.826. The molecule has 1 aromatic heterocycles. The first-order valence-corrected chi connectivity index (χ1v) is 5.88. The van der Waals surface area contributed by atoms with Crippen molar-refractivity contribution in [2.24, 2.45) is 0 Å². The smallest absolute Gasteiger partial charge is 0.229 e. The minimum Gasteiger partial charge on any atom is -0.455 e. The van der Waals surface area contributed by atoms with Crippen LogP contribution >= 0.6 is 15.9 Å². The van der Waals surface area contributed by atoms with Crippen LogP contribution in [0, 0.1) is 0 Å². The monoisotopic (exact) mass is 294 g/mol. The molecule has 0 aliphatic carbocycles. The summed E-state index contributed by atoms with van der Waals surface area (Å²) in [5, 5.41) is 0. The van der Waals surface area contributed by atoms with Gasteiger partial charge in [-0.3, -0.25) is 4.79 Å². The molecule has 0 spiro atoms. The van der Waals surface area contributed by atoms with Gasteiger partial charge in [0.05, 0.1) is 0 Å². The molecule has 4 heteroatoms. The van der Waals surface area contributed by atoms with E-state index in [-0.39, 0.29) is 5.78 Å². The predicted molar refractivity (Wildman–Crippen MR) is 67.0 cm³/mol. The summed E-state index contributed by atoms with van der Waals surface area (Å²) in [5.41, 5.74) is 0.589. The maximum atomic E-state index is 12.1. The van der Waals surface area contributed by atoms with Crippen molar-refractivity contribution >= 4 is 21.7 Å². The molecule has 0 amide bonds. The first-order chi connectivity index (χ1) is 8.22. The molecule has 1 aromatic carbocycles. The second kappa shape index (κ2) is 5.29. The molecule has 1 heterocycles. The van der Waals surface area contributed by atoms with Crippen LogP contribution in [0.4, 0.5) is 0 Å². The Kier molecular flexibility index (Phi) is 3.76. The fourth-order valence-corrected chi connectivity index (χ4v) is 1.96. The van der Waals surface area contributed by atoms with Gasteiger partial charge in [-0.1, -0.05) is 28.1 Å². The molecule has 0 atom stereocenters. The predicted octanol–water partition coefficient (Wildman–Crippen LogP) is 3.42. The number of benzene rings is 1. The molecule has 0 aliphatic heterocycles. The molecule has 3 nitrogen and oxygen atoms in total. The number of ketones is 1. The molecule has 0 radical (unpaired) electrons. The Morgan fingerprint density at radius 1 is 1.29 bits per heavy atom. The van der Waals surface area contributed by atoms with Gasteiger partial charge in [0.25, 0.3) is 0 Å². The van der Waals surface area contributed by atoms with E-state index >= 15 is 0 Å². The molecular weight excluding hydrogens is 284 g/mol. The maximum absolute atomic E-state index is 12.1. The van der Waals surface area contributed by atoms with Crippen molar-refractivity contribution in [3.05, 3.63) is 58.0 Å². The number of ether oxygens (including phenoxy) is 1. The molecule has 0 bridgehead atoms. The molecule has 0 saturated heterocycles. The van der Waals surface area contributed by atoms with E-state index in [1.165, 1.54) is 0 Å². The Morgan fingerprint density at radius 2 is 2.06 bits per heavy atom. The molecule has 88 valence electrons. The maximum Gasteiger partial charge on any atom is 0.229 e. The number of carbonyl (C=O) groups is 1. The third-order valence-electron chi connectivity index (χ3n) is 2.29. The van der Waals surface area contributed by atoms with Crippen molar-refractivity contribution in [2.75, 3.05) is 7.11 Å². The zero-order valence-corrected chi connectivity index (χ0v) is 10.9. The highest BCUT2D eigenvalue weighted by atomic mass is 79.9. The first-order valence-electron chi connectivity index (χ1n) is 5.09. The third kappa shape index (κ3) is 2.65. The van der Waals surface area contributed by atoms with Gasteiger partial charge in [-0.05, 0) is 24.3 Å². The zero-order valence-electron chi connectivity index (χ0n) is 9.27. The van der Waals surface area contributed by atoms with E-state index in [1.807, 2.05) is 18.2 Å². The van der Waals surface area contributed by atoms with Crippen molar-refractivity contribution in [3.63, 3.8) is 0 Å². The van der Waals surface area contributed by atoms with Gasteiger partial charge >= 0.3 is 0 Å². The highest BCUT2D eigenvalue weighted by Crippen LogP contribution is 2.21. The summed E-state index contributed by atoms with van der Waals surface area (Å²) in [4.78, 5) is 12.1. The van der Waals surface area contributed by atoms with Gasteiger partial charge in [0.15, 0.2) is 5.76 Å². The molecule has 2 rings (SSSR count). The molecule has 0 fully saturated rings. The van der Waals surface area contributed by atoms with Crippen molar-refractivity contribution in [2.45, 2.75) is 6.61 Å². The summed E-state index contributed by atoms with van der Waals surface area (Å²) in [6, 6.07) is 10.7. The fourth-order valence-electron chi connectivity index (χ4n) is 1.50. The second-order valence-electron chi connectivity index (χ2n) is 3.51. The standard InChI is InChI=1S/C13H11BrO3/c1-16-8-9-6-7-12(17-9)13(15)10-4-2-3-5-11(10)14/h2-7H,8H2,1H3. The summed E-state index contributed by atoms with van der Waals surface area (Å²) >= 11 is 3.34. The average Bonchev–Trinajstić information content (AvgIpc) is 2.78. The zero-order chi connectivity index (χ0) is 12.3. The van der Waals surface area contributed by atoms with Gasteiger partial charge in [-0.25, -0.2) is 0 Å². The minimum absolute atomic E-state index is 0.139. The summed E-state index contributed by atoms with van der Waals surface area (Å²) in [6.45, 7) is 0.364. The molecule has 0 saturated carbocycles. The topological polar surface area (TPSA) is 39.4 Å². The van der Waals surface area contributed by atoms with Crippen LogP contribution in [0.25, 0.3) is 0 Å². The molecular formula is C13H11BrO3. The lowest BCUT2D eigenvalue weighted by molar-refractivity contribution is 0.0999. The van der Waals surface area contributed by atoms with Crippen molar-refractivity contribution < 1.29 is 13.9 Å². The van der Waals surface area contributed by atoms with Crippen LogP contribution in [0.2, 0.25) is 0 Å². The Morgan fingerprint density at radius 3 is 2.76 bits per heavy atom. The number of methoxy groups -OCH3 is 1. The number of rotatable bonds is 4. The second-order valence-corrected chi connectivity index (χ2v) is 4.36. The SMILES string of the molecule is COCc1ccc(C(=O)c2ccccc2Br)o1. The van der Waals surface area contributed by atoms with E-state index in [0.717, 1.165) is 4.47 Å². The van der Waals surface area contributed by atoms with E-state index < -0.39 is 0 Å². The highest BCUT2D eigenvalue weighted by molar-refractivity contribution is 9.10. The Labute approximate surface area is 108 Å². The lowest BCUT2D eigenvalue weighted by Crippen LogP contribution is -2.00. The van der Waals surface area contributed by atoms with Crippen molar-refractivity contribution in [3.8, 4) is 0 Å². The first kappa shape index (κ1) is 12.1. The van der Waals surface area contributed by atoms with E-state index in [4.69, 9.17) is 9.15 Å². The van der Waals surface area contributed by atoms with Crippen LogP contribution in [-0.4, -0.2) is 12.9 Å². The lowest BCUT2D eigenvalue weighted by atomic mass is 10.1. The van der Waals surface area contributed by atoms with E-state index in [0.29, 0.717) is 23.7 Å². The van der Waals surface area contributed by atoms with E-state index in [2.05, 4.69) is 15.9 Å². The highest BCUT2D eigenvalue weighted by Gasteiger charge is 2.15. The largest absolute Gasteiger partial charge is 0.455 e. The molecule has 0 unspecified atom stereocenters. The van der Waals surface area contributed by atoms with Crippen LogP contribution in [-0.2, 0) is 11.3 Å². The van der Waals surface area contributed by atoms with E-state index in [1.54, 1.807) is 25.3 Å².